The van der Waals surface area contributed by atoms with Crippen LogP contribution in [0.5, 0.6) is 0 Å². The third-order valence-corrected chi connectivity index (χ3v) is 3.23. The molecule has 1 N–H and O–H groups in total. The highest BCUT2D eigenvalue weighted by molar-refractivity contribution is 5.75. The van der Waals surface area contributed by atoms with Crippen LogP contribution in [0.15, 0.2) is 12.7 Å². The van der Waals surface area contributed by atoms with E-state index in [-0.39, 0.29) is 25.1 Å². The van der Waals surface area contributed by atoms with Crippen LogP contribution in [0.3, 0.4) is 0 Å². The predicted molar refractivity (Wildman–Crippen MR) is 66.3 cm³/mol. The van der Waals surface area contributed by atoms with Gasteiger partial charge < -0.3 is 19.5 Å². The van der Waals surface area contributed by atoms with Gasteiger partial charge in [0.15, 0.2) is 0 Å². The topological polar surface area (TPSA) is 73.9 Å². The number of alkyl carbamates (subject to hydrolysis) is 1. The fraction of sp³-hybridized carbons (Fsp3) is 0.692. The Morgan fingerprint density at radius 1 is 1.47 bits per heavy atom. The summed E-state index contributed by atoms with van der Waals surface area (Å²) in [6.07, 6.45) is 4.61. The minimum atomic E-state index is -0.702. The maximum absolute atomic E-state index is 11.4. The van der Waals surface area contributed by atoms with Crippen molar-refractivity contribution in [2.24, 2.45) is 0 Å². The van der Waals surface area contributed by atoms with Gasteiger partial charge in [0, 0.05) is 0 Å². The van der Waals surface area contributed by atoms with E-state index in [4.69, 9.17) is 14.2 Å². The molecule has 1 amide bonds. The molecule has 0 bridgehead atoms. The molecule has 0 radical (unpaired) electrons. The van der Waals surface area contributed by atoms with Crippen molar-refractivity contribution in [3.63, 3.8) is 0 Å². The highest BCUT2D eigenvalue weighted by Gasteiger charge is 2.39. The van der Waals surface area contributed by atoms with E-state index in [1.54, 1.807) is 0 Å². The maximum atomic E-state index is 11.4. The molecule has 1 aliphatic heterocycles. The standard InChI is InChI=1S/C13H19NO5/c1-2-7-17-13(16)14-10-8-11(15)19-12(10)18-9-5-3-4-6-9/h2,9-10,12H,1,3-8H2,(H,14,16)/t10-,12?/m0/s1. The number of esters is 1. The van der Waals surface area contributed by atoms with E-state index in [0.29, 0.717) is 0 Å². The Kier molecular flexibility index (Phi) is 4.79. The number of nitrogens with one attached hydrogen (secondary N) is 1. The van der Waals surface area contributed by atoms with E-state index in [9.17, 15) is 9.59 Å². The molecular weight excluding hydrogens is 250 g/mol. The molecule has 1 aliphatic carbocycles. The van der Waals surface area contributed by atoms with E-state index in [1.807, 2.05) is 0 Å². The molecule has 6 heteroatoms. The van der Waals surface area contributed by atoms with Gasteiger partial charge in [0.25, 0.3) is 0 Å². The molecule has 6 nitrogen and oxygen atoms in total. The van der Waals surface area contributed by atoms with Crippen LogP contribution in [0.4, 0.5) is 4.79 Å². The predicted octanol–water partition coefficient (Wildman–Crippen LogP) is 1.50. The molecular formula is C13H19NO5. The SMILES string of the molecule is C=CCOC(=O)N[C@H]1CC(=O)OC1OC1CCCC1. The van der Waals surface area contributed by atoms with Gasteiger partial charge in [-0.2, -0.15) is 0 Å². The van der Waals surface area contributed by atoms with Crippen LogP contribution in [0.1, 0.15) is 32.1 Å². The van der Waals surface area contributed by atoms with Crippen molar-refractivity contribution >= 4 is 12.1 Å². The largest absolute Gasteiger partial charge is 0.445 e. The van der Waals surface area contributed by atoms with Crippen LogP contribution in [0.25, 0.3) is 0 Å². The summed E-state index contributed by atoms with van der Waals surface area (Å²) in [7, 11) is 0. The third kappa shape index (κ3) is 3.96. The number of carbonyl (C=O) groups is 2. The van der Waals surface area contributed by atoms with E-state index >= 15 is 0 Å². The minimum absolute atomic E-state index is 0.112. The molecule has 0 spiro atoms. The van der Waals surface area contributed by atoms with Gasteiger partial charge in [0.05, 0.1) is 12.5 Å². The third-order valence-electron chi connectivity index (χ3n) is 3.23. The summed E-state index contributed by atoms with van der Waals surface area (Å²) in [6.45, 7) is 3.58. The van der Waals surface area contributed by atoms with Crippen molar-refractivity contribution in [1.29, 1.82) is 0 Å². The lowest BCUT2D eigenvalue weighted by Crippen LogP contribution is -2.43. The molecule has 1 heterocycles. The molecule has 2 fully saturated rings. The molecule has 1 saturated carbocycles. The average Bonchev–Trinajstić information content (AvgIpc) is 2.98. The highest BCUT2D eigenvalue weighted by Crippen LogP contribution is 2.26. The molecule has 106 valence electrons. The van der Waals surface area contributed by atoms with Crippen molar-refractivity contribution in [3.8, 4) is 0 Å². The summed E-state index contributed by atoms with van der Waals surface area (Å²) in [5.74, 6) is -0.364. The van der Waals surface area contributed by atoms with E-state index < -0.39 is 18.4 Å². The fourth-order valence-electron chi connectivity index (χ4n) is 2.32. The molecule has 1 unspecified atom stereocenters. The quantitative estimate of drug-likeness (QED) is 0.604. The Labute approximate surface area is 112 Å². The van der Waals surface area contributed by atoms with Crippen molar-refractivity contribution < 1.29 is 23.8 Å². The van der Waals surface area contributed by atoms with E-state index in [1.165, 1.54) is 6.08 Å². The Hall–Kier alpha value is -1.56. The van der Waals surface area contributed by atoms with Gasteiger partial charge >= 0.3 is 12.1 Å². The van der Waals surface area contributed by atoms with Gasteiger partial charge in [0.2, 0.25) is 6.29 Å². The number of rotatable bonds is 5. The van der Waals surface area contributed by atoms with Crippen LogP contribution in [0, 0.1) is 0 Å². The second-order valence-electron chi connectivity index (χ2n) is 4.74. The number of ether oxygens (including phenoxy) is 3. The summed E-state index contributed by atoms with van der Waals surface area (Å²) in [6, 6.07) is -0.481. The normalized spacial score (nSPS) is 27.1. The van der Waals surface area contributed by atoms with Gasteiger partial charge in [-0.15, -0.1) is 0 Å². The monoisotopic (exact) mass is 269 g/mol. The first-order chi connectivity index (χ1) is 9.19. The Bertz CT molecular complexity index is 351. The summed E-state index contributed by atoms with van der Waals surface area (Å²) >= 11 is 0. The zero-order valence-electron chi connectivity index (χ0n) is 10.8. The minimum Gasteiger partial charge on any atom is -0.445 e. The second-order valence-corrected chi connectivity index (χ2v) is 4.74. The van der Waals surface area contributed by atoms with Gasteiger partial charge in [-0.05, 0) is 12.8 Å². The van der Waals surface area contributed by atoms with Crippen molar-refractivity contribution in [3.05, 3.63) is 12.7 Å². The summed E-state index contributed by atoms with van der Waals surface area (Å²) in [5, 5.41) is 2.59. The lowest BCUT2D eigenvalue weighted by atomic mass is 10.2. The summed E-state index contributed by atoms with van der Waals surface area (Å²) < 4.78 is 15.6. The number of carbonyl (C=O) groups excluding carboxylic acids is 2. The zero-order valence-corrected chi connectivity index (χ0v) is 10.8. The second kappa shape index (κ2) is 6.56. The highest BCUT2D eigenvalue weighted by atomic mass is 16.7. The number of amides is 1. The van der Waals surface area contributed by atoms with Crippen molar-refractivity contribution in [2.45, 2.75) is 50.5 Å². The van der Waals surface area contributed by atoms with Gasteiger partial charge in [-0.1, -0.05) is 25.5 Å². The molecule has 19 heavy (non-hydrogen) atoms. The first-order valence-corrected chi connectivity index (χ1v) is 6.58. The molecule has 0 aromatic carbocycles. The van der Waals surface area contributed by atoms with E-state index in [0.717, 1.165) is 25.7 Å². The van der Waals surface area contributed by atoms with Crippen LogP contribution in [-0.4, -0.2) is 37.1 Å². The molecule has 2 rings (SSSR count). The zero-order chi connectivity index (χ0) is 13.7. The lowest BCUT2D eigenvalue weighted by molar-refractivity contribution is -0.174. The lowest BCUT2D eigenvalue weighted by Gasteiger charge is -2.22. The number of hydrogen-bond acceptors (Lipinski definition) is 5. The first kappa shape index (κ1) is 13.9. The van der Waals surface area contributed by atoms with Gasteiger partial charge in [-0.25, -0.2) is 4.79 Å². The van der Waals surface area contributed by atoms with Gasteiger partial charge in [0.1, 0.15) is 12.6 Å². The van der Waals surface area contributed by atoms with Crippen molar-refractivity contribution in [2.75, 3.05) is 6.61 Å². The molecule has 1 saturated heterocycles. The van der Waals surface area contributed by atoms with Crippen LogP contribution in [0.2, 0.25) is 0 Å². The average molecular weight is 269 g/mol. The molecule has 0 aromatic rings. The Balaban J connectivity index is 1.83. The van der Waals surface area contributed by atoms with E-state index in [2.05, 4.69) is 11.9 Å². The van der Waals surface area contributed by atoms with Crippen LogP contribution in [-0.2, 0) is 19.0 Å². The smallest absolute Gasteiger partial charge is 0.407 e. The Morgan fingerprint density at radius 3 is 2.89 bits per heavy atom. The fourth-order valence-corrected chi connectivity index (χ4v) is 2.32. The first-order valence-electron chi connectivity index (χ1n) is 6.58. The summed E-state index contributed by atoms with van der Waals surface area (Å²) in [5.41, 5.74) is 0. The summed E-state index contributed by atoms with van der Waals surface area (Å²) in [4.78, 5) is 22.8. The van der Waals surface area contributed by atoms with Gasteiger partial charge in [-0.3, -0.25) is 4.79 Å². The number of hydrogen-bond donors (Lipinski definition) is 1. The van der Waals surface area contributed by atoms with Crippen LogP contribution < -0.4 is 5.32 Å². The molecule has 0 aromatic heterocycles. The van der Waals surface area contributed by atoms with Crippen LogP contribution >= 0.6 is 0 Å². The Morgan fingerprint density at radius 2 is 2.21 bits per heavy atom. The van der Waals surface area contributed by atoms with Crippen molar-refractivity contribution in [1.82, 2.24) is 5.32 Å². The number of cyclic esters (lactones) is 1. The molecule has 2 aliphatic rings. The molecule has 2 atom stereocenters. The maximum Gasteiger partial charge on any atom is 0.407 e.